The monoisotopic (exact) mass is 281 g/mol. The van der Waals surface area contributed by atoms with Crippen LogP contribution in [-0.2, 0) is 0 Å². The van der Waals surface area contributed by atoms with Gasteiger partial charge in [0, 0.05) is 6.07 Å². The lowest BCUT2D eigenvalue weighted by Gasteiger charge is -2.17. The van der Waals surface area contributed by atoms with E-state index in [0.717, 1.165) is 12.1 Å². The third-order valence-corrected chi connectivity index (χ3v) is 2.61. The Morgan fingerprint density at radius 1 is 1.60 bits per heavy atom. The Labute approximate surface area is 114 Å². The molecule has 0 amide bonds. The first kappa shape index (κ1) is 15.4. The summed E-state index contributed by atoms with van der Waals surface area (Å²) in [7, 11) is 0. The number of nitrogens with two attached hydrogens (primary N) is 1. The zero-order valence-electron chi connectivity index (χ0n) is 10.6. The number of nitrogens with zero attached hydrogens (tertiary/aromatic N) is 1. The quantitative estimate of drug-likeness (QED) is 0.255. The summed E-state index contributed by atoms with van der Waals surface area (Å²) in [5, 5.41) is 31.8. The lowest BCUT2D eigenvalue weighted by molar-refractivity contribution is -0.383. The second kappa shape index (κ2) is 6.53. The molecule has 0 unspecified atom stereocenters. The Balaban J connectivity index is 3.26. The van der Waals surface area contributed by atoms with Crippen LogP contribution in [0.4, 0.5) is 17.1 Å². The largest absolute Gasteiger partial charge is 0.478 e. The lowest BCUT2D eigenvalue weighted by atomic mass is 10.1. The first-order valence-electron chi connectivity index (χ1n) is 5.70. The fraction of sp³-hybridized carbons (Fsp3) is 0.250. The minimum absolute atomic E-state index is 0.0131. The first-order chi connectivity index (χ1) is 9.40. The van der Waals surface area contributed by atoms with E-state index >= 15 is 0 Å². The highest BCUT2D eigenvalue weighted by atomic mass is 16.6. The van der Waals surface area contributed by atoms with Gasteiger partial charge in [-0.15, -0.1) is 6.58 Å². The minimum atomic E-state index is -1.31. The van der Waals surface area contributed by atoms with Crippen molar-refractivity contribution >= 4 is 23.0 Å². The number of carboxylic acid groups (broad SMARTS) is 1. The summed E-state index contributed by atoms with van der Waals surface area (Å²) in [6.45, 7) is 3.24. The van der Waals surface area contributed by atoms with Crippen molar-refractivity contribution in [3.63, 3.8) is 0 Å². The first-order valence-corrected chi connectivity index (χ1v) is 5.70. The van der Waals surface area contributed by atoms with Crippen molar-refractivity contribution in [2.24, 2.45) is 0 Å². The summed E-state index contributed by atoms with van der Waals surface area (Å²) < 4.78 is 0. The third kappa shape index (κ3) is 3.45. The van der Waals surface area contributed by atoms with Gasteiger partial charge in [0.1, 0.15) is 5.69 Å². The molecule has 0 aromatic heterocycles. The van der Waals surface area contributed by atoms with Crippen molar-refractivity contribution in [2.75, 3.05) is 17.7 Å². The van der Waals surface area contributed by atoms with Gasteiger partial charge in [-0.05, 0) is 12.5 Å². The zero-order chi connectivity index (χ0) is 15.3. The molecular formula is C12H15N3O5. The highest BCUT2D eigenvalue weighted by Crippen LogP contribution is 2.33. The third-order valence-electron chi connectivity index (χ3n) is 2.61. The van der Waals surface area contributed by atoms with Crippen LogP contribution in [-0.4, -0.2) is 33.8 Å². The van der Waals surface area contributed by atoms with Gasteiger partial charge < -0.3 is 21.3 Å². The summed E-state index contributed by atoms with van der Waals surface area (Å²) >= 11 is 0. The summed E-state index contributed by atoms with van der Waals surface area (Å²) in [5.74, 6) is -1.31. The molecule has 0 heterocycles. The molecule has 8 nitrogen and oxygen atoms in total. The Bertz CT molecular complexity index is 544. The molecule has 0 spiro atoms. The molecule has 0 bridgehead atoms. The predicted octanol–water partition coefficient (Wildman–Crippen LogP) is 1.22. The lowest BCUT2D eigenvalue weighted by Crippen LogP contribution is -2.24. The number of nitrogen functional groups attached to an aromatic ring is 1. The molecule has 0 aliphatic rings. The second-order valence-electron chi connectivity index (χ2n) is 4.07. The number of carbonyl (C=O) groups is 1. The van der Waals surface area contributed by atoms with Crippen molar-refractivity contribution in [1.29, 1.82) is 0 Å². The van der Waals surface area contributed by atoms with Crippen molar-refractivity contribution in [3.05, 3.63) is 40.5 Å². The van der Waals surface area contributed by atoms with Crippen molar-refractivity contribution in [3.8, 4) is 0 Å². The summed E-state index contributed by atoms with van der Waals surface area (Å²) in [4.78, 5) is 21.2. The van der Waals surface area contributed by atoms with E-state index in [0.29, 0.717) is 6.42 Å². The second-order valence-corrected chi connectivity index (χ2v) is 4.07. The number of hydrogen-bond donors (Lipinski definition) is 4. The maximum absolute atomic E-state index is 11.0. The number of aliphatic hydroxyl groups is 1. The van der Waals surface area contributed by atoms with Gasteiger partial charge >= 0.3 is 5.97 Å². The molecule has 1 aromatic carbocycles. The van der Waals surface area contributed by atoms with E-state index < -0.39 is 22.6 Å². The number of nitro groups is 1. The highest BCUT2D eigenvalue weighted by molar-refractivity contribution is 5.93. The van der Waals surface area contributed by atoms with E-state index in [9.17, 15) is 14.9 Å². The number of benzene rings is 1. The SMILES string of the molecule is C=CC[C@@H](CO)Nc1c(N)cc(C(=O)O)cc1[N+](=O)[O-]. The van der Waals surface area contributed by atoms with E-state index in [1.807, 2.05) is 0 Å². The van der Waals surface area contributed by atoms with E-state index in [1.54, 1.807) is 6.08 Å². The molecule has 0 aliphatic carbocycles. The standard InChI is InChI=1S/C12H15N3O5/c1-2-3-8(6-16)14-11-9(13)4-7(12(17)18)5-10(11)15(19)20/h2,4-5,8,14,16H,1,3,6,13H2,(H,17,18)/t8-/m0/s1. The van der Waals surface area contributed by atoms with Gasteiger partial charge in [-0.3, -0.25) is 10.1 Å². The number of rotatable bonds is 7. The van der Waals surface area contributed by atoms with Crippen LogP contribution < -0.4 is 11.1 Å². The van der Waals surface area contributed by atoms with Crippen LogP contribution in [0.2, 0.25) is 0 Å². The Morgan fingerprint density at radius 2 is 2.25 bits per heavy atom. The van der Waals surface area contributed by atoms with Gasteiger partial charge in [-0.2, -0.15) is 0 Å². The normalized spacial score (nSPS) is 11.7. The maximum Gasteiger partial charge on any atom is 0.336 e. The molecule has 20 heavy (non-hydrogen) atoms. The molecule has 8 heteroatoms. The molecule has 5 N–H and O–H groups in total. The van der Waals surface area contributed by atoms with Gasteiger partial charge in [0.25, 0.3) is 5.69 Å². The van der Waals surface area contributed by atoms with Crippen molar-refractivity contribution < 1.29 is 19.9 Å². The number of carboxylic acids is 1. The van der Waals surface area contributed by atoms with E-state index in [4.69, 9.17) is 15.9 Å². The van der Waals surface area contributed by atoms with E-state index in [2.05, 4.69) is 11.9 Å². The van der Waals surface area contributed by atoms with Gasteiger partial charge in [0.15, 0.2) is 0 Å². The average Bonchev–Trinajstić information content (AvgIpc) is 2.39. The molecular weight excluding hydrogens is 266 g/mol. The van der Waals surface area contributed by atoms with E-state index in [-0.39, 0.29) is 23.5 Å². The minimum Gasteiger partial charge on any atom is -0.478 e. The Hall–Kier alpha value is -2.61. The van der Waals surface area contributed by atoms with E-state index in [1.165, 1.54) is 0 Å². The molecule has 0 fully saturated rings. The van der Waals surface area contributed by atoms with Crippen LogP contribution in [0.3, 0.4) is 0 Å². The van der Waals surface area contributed by atoms with Crippen LogP contribution >= 0.6 is 0 Å². The fourth-order valence-electron chi connectivity index (χ4n) is 1.66. The molecule has 1 atom stereocenters. The number of hydrogen-bond acceptors (Lipinski definition) is 6. The van der Waals surface area contributed by atoms with Gasteiger partial charge in [-0.25, -0.2) is 4.79 Å². The molecule has 0 aliphatic heterocycles. The Morgan fingerprint density at radius 3 is 2.70 bits per heavy atom. The van der Waals surface area contributed by atoms with Crippen LogP contribution in [0.15, 0.2) is 24.8 Å². The maximum atomic E-state index is 11.0. The van der Waals surface area contributed by atoms with Gasteiger partial charge in [0.05, 0.1) is 28.8 Å². The zero-order valence-corrected chi connectivity index (χ0v) is 10.6. The Kier molecular flexibility index (Phi) is 5.04. The van der Waals surface area contributed by atoms with Crippen LogP contribution in [0.1, 0.15) is 16.8 Å². The van der Waals surface area contributed by atoms with Gasteiger partial charge in [0.2, 0.25) is 0 Å². The molecule has 1 rings (SSSR count). The van der Waals surface area contributed by atoms with Gasteiger partial charge in [-0.1, -0.05) is 6.08 Å². The number of aliphatic hydroxyl groups excluding tert-OH is 1. The van der Waals surface area contributed by atoms with Crippen LogP contribution in [0.25, 0.3) is 0 Å². The van der Waals surface area contributed by atoms with Crippen LogP contribution in [0.5, 0.6) is 0 Å². The number of aromatic carboxylic acids is 1. The smallest absolute Gasteiger partial charge is 0.336 e. The molecule has 0 radical (unpaired) electrons. The topological polar surface area (TPSA) is 139 Å². The van der Waals surface area contributed by atoms with Crippen molar-refractivity contribution in [2.45, 2.75) is 12.5 Å². The fourth-order valence-corrected chi connectivity index (χ4v) is 1.66. The molecule has 0 saturated heterocycles. The summed E-state index contributed by atoms with van der Waals surface area (Å²) in [6.07, 6.45) is 1.91. The van der Waals surface area contributed by atoms with Crippen molar-refractivity contribution in [1.82, 2.24) is 0 Å². The highest BCUT2D eigenvalue weighted by Gasteiger charge is 2.22. The molecule has 1 aromatic rings. The number of anilines is 2. The summed E-state index contributed by atoms with van der Waals surface area (Å²) in [5.41, 5.74) is 4.85. The number of nitro benzene ring substituents is 1. The summed E-state index contributed by atoms with van der Waals surface area (Å²) in [6, 6.07) is 1.55. The van der Waals surface area contributed by atoms with Crippen LogP contribution in [0, 0.1) is 10.1 Å². The molecule has 0 saturated carbocycles. The average molecular weight is 281 g/mol. The predicted molar refractivity (Wildman–Crippen MR) is 73.8 cm³/mol. The molecule has 108 valence electrons. The number of nitrogens with one attached hydrogen (secondary N) is 1.